The number of pyridine rings is 1. The number of anilines is 2. The third-order valence-electron chi connectivity index (χ3n) is 9.41. The standard InChI is InChI=1S/C35H31Cl2F3N6O4/c1-32(19-20-8-10-24(11-9-20)50-35(38,39)40)31(49)45(23-17-21(36)16-22(37)18-23)28-7-2-4-25(46(28)32)29(47)43-34(14-15-34)30(48)44-33(12-13-33)26-5-3-6-27(41)42-26/h3-11,16-18H,2,12-15,19H2,1H3,(H2,41,42)(H,43,47)(H,44,48)/t32-/m1/s1. The van der Waals surface area contributed by atoms with Crippen molar-refractivity contribution in [1.29, 1.82) is 0 Å². The predicted molar refractivity (Wildman–Crippen MR) is 180 cm³/mol. The van der Waals surface area contributed by atoms with Gasteiger partial charge in [0.25, 0.3) is 11.8 Å². The number of alkyl halides is 3. The Balaban J connectivity index is 1.18. The molecule has 3 fully saturated rings. The summed E-state index contributed by atoms with van der Waals surface area (Å²) in [4.78, 5) is 49.9. The van der Waals surface area contributed by atoms with Crippen LogP contribution in [0, 0.1) is 0 Å². The van der Waals surface area contributed by atoms with E-state index in [1.165, 1.54) is 23.1 Å². The fraction of sp³-hybridized carbons (Fsp3) is 0.314. The highest BCUT2D eigenvalue weighted by atomic mass is 35.5. The largest absolute Gasteiger partial charge is 0.573 e. The quantitative estimate of drug-likeness (QED) is 0.243. The molecule has 4 aliphatic rings. The first kappa shape index (κ1) is 33.7. The summed E-state index contributed by atoms with van der Waals surface area (Å²) in [5, 5.41) is 6.62. The summed E-state index contributed by atoms with van der Waals surface area (Å²) in [5.74, 6) is -1.02. The van der Waals surface area contributed by atoms with Gasteiger partial charge in [-0.15, -0.1) is 13.2 Å². The molecule has 1 aromatic heterocycles. The lowest BCUT2D eigenvalue weighted by molar-refractivity contribution is -0.274. The molecule has 0 bridgehead atoms. The minimum Gasteiger partial charge on any atom is -0.406 e. The summed E-state index contributed by atoms with van der Waals surface area (Å²) in [6.07, 6.45) is 1.06. The second-order valence-corrected chi connectivity index (χ2v) is 14.0. The van der Waals surface area contributed by atoms with Crippen LogP contribution in [0.2, 0.25) is 10.0 Å². The molecule has 10 nitrogen and oxygen atoms in total. The van der Waals surface area contributed by atoms with E-state index in [9.17, 15) is 27.6 Å². The van der Waals surface area contributed by atoms with Crippen molar-refractivity contribution in [3.05, 3.63) is 106 Å². The van der Waals surface area contributed by atoms with Gasteiger partial charge < -0.3 is 26.0 Å². The van der Waals surface area contributed by atoms with Crippen LogP contribution >= 0.6 is 23.2 Å². The molecule has 260 valence electrons. The van der Waals surface area contributed by atoms with Gasteiger partial charge in [-0.25, -0.2) is 4.98 Å². The molecular weight excluding hydrogens is 696 g/mol. The average Bonchev–Trinajstić information content (AvgIpc) is 3.97. The monoisotopic (exact) mass is 726 g/mol. The number of halogens is 5. The van der Waals surface area contributed by atoms with E-state index < -0.39 is 40.5 Å². The van der Waals surface area contributed by atoms with Crippen molar-refractivity contribution in [1.82, 2.24) is 20.5 Å². The minimum absolute atomic E-state index is 0.00769. The van der Waals surface area contributed by atoms with Gasteiger partial charge in [0.15, 0.2) is 0 Å². The van der Waals surface area contributed by atoms with Crippen LogP contribution in [-0.4, -0.2) is 45.0 Å². The average molecular weight is 728 g/mol. The number of allylic oxidation sites excluding steroid dienone is 2. The van der Waals surface area contributed by atoms with Crippen LogP contribution in [0.3, 0.4) is 0 Å². The zero-order valence-corrected chi connectivity index (χ0v) is 28.1. The molecule has 15 heteroatoms. The van der Waals surface area contributed by atoms with E-state index in [0.29, 0.717) is 54.3 Å². The van der Waals surface area contributed by atoms with E-state index >= 15 is 0 Å². The lowest BCUT2D eigenvalue weighted by Gasteiger charge is -2.37. The Kier molecular flexibility index (Phi) is 8.06. The number of carbonyl (C=O) groups excluding carboxylic acids is 3. The molecule has 7 rings (SSSR count). The second-order valence-electron chi connectivity index (χ2n) is 13.2. The van der Waals surface area contributed by atoms with Crippen molar-refractivity contribution >= 4 is 52.4 Å². The van der Waals surface area contributed by atoms with E-state index in [1.807, 2.05) is 6.07 Å². The molecule has 2 aromatic carbocycles. The number of rotatable bonds is 9. The van der Waals surface area contributed by atoms with Gasteiger partial charge in [-0.05, 0) is 93.1 Å². The first-order valence-corrected chi connectivity index (χ1v) is 16.6. The Morgan fingerprint density at radius 2 is 1.66 bits per heavy atom. The molecule has 2 saturated carbocycles. The number of nitrogens with one attached hydrogen (secondary N) is 2. The van der Waals surface area contributed by atoms with Crippen LogP contribution in [0.1, 0.15) is 50.3 Å². The first-order valence-electron chi connectivity index (χ1n) is 15.9. The second kappa shape index (κ2) is 11.9. The van der Waals surface area contributed by atoms with Crippen LogP contribution in [0.5, 0.6) is 5.75 Å². The van der Waals surface area contributed by atoms with Crippen LogP contribution in [0.4, 0.5) is 24.7 Å². The van der Waals surface area contributed by atoms with Crippen molar-refractivity contribution < 1.29 is 32.3 Å². The Bertz CT molecular complexity index is 1960. The molecule has 0 unspecified atom stereocenters. The van der Waals surface area contributed by atoms with E-state index in [1.54, 1.807) is 48.2 Å². The molecule has 50 heavy (non-hydrogen) atoms. The third-order valence-corrected chi connectivity index (χ3v) is 9.85. The number of hydrogen-bond donors (Lipinski definition) is 3. The van der Waals surface area contributed by atoms with Gasteiger partial charge in [0.2, 0.25) is 5.91 Å². The molecule has 3 amide bonds. The highest BCUT2D eigenvalue weighted by molar-refractivity contribution is 6.35. The van der Waals surface area contributed by atoms with Gasteiger partial charge in [-0.3, -0.25) is 19.3 Å². The molecule has 0 spiro atoms. The van der Waals surface area contributed by atoms with Crippen molar-refractivity contribution in [2.45, 2.75) is 68.4 Å². The molecule has 3 aromatic rings. The number of ether oxygens (including phenoxy) is 1. The lowest BCUT2D eigenvalue weighted by atomic mass is 9.90. The number of fused-ring (bicyclic) bond motifs is 1. The number of nitrogens with two attached hydrogens (primary N) is 1. The molecular formula is C35H31Cl2F3N6O4. The maximum absolute atomic E-state index is 14.5. The maximum atomic E-state index is 14.5. The Hall–Kier alpha value is -4.75. The van der Waals surface area contributed by atoms with Gasteiger partial charge in [0.1, 0.15) is 34.2 Å². The normalized spacial score (nSPS) is 21.5. The fourth-order valence-electron chi connectivity index (χ4n) is 6.65. The van der Waals surface area contributed by atoms with Gasteiger partial charge in [-0.1, -0.05) is 47.5 Å². The maximum Gasteiger partial charge on any atom is 0.573 e. The predicted octanol–water partition coefficient (Wildman–Crippen LogP) is 6.10. The first-order chi connectivity index (χ1) is 23.6. The number of carbonyl (C=O) groups is 3. The summed E-state index contributed by atoms with van der Waals surface area (Å²) < 4.78 is 42.5. The fourth-order valence-corrected chi connectivity index (χ4v) is 7.16. The SMILES string of the molecule is C[C@@]1(Cc2ccc(OC(F)(F)F)cc2)C(=O)N(c2cc(Cl)cc(Cl)c2)C2=CCC=C(C(=O)NC3(C(=O)NC4(c5cccc(N)n5)CC4)CC3)N21. The van der Waals surface area contributed by atoms with Gasteiger partial charge in [-0.2, -0.15) is 0 Å². The van der Waals surface area contributed by atoms with Crippen LogP contribution in [-0.2, 0) is 26.3 Å². The summed E-state index contributed by atoms with van der Waals surface area (Å²) in [6, 6.07) is 15.1. The zero-order chi connectivity index (χ0) is 35.6. The Morgan fingerprint density at radius 1 is 0.980 bits per heavy atom. The molecule has 2 aliphatic carbocycles. The van der Waals surface area contributed by atoms with Crippen LogP contribution in [0.25, 0.3) is 0 Å². The number of nitrogens with zero attached hydrogens (tertiary/aromatic N) is 3. The van der Waals surface area contributed by atoms with Gasteiger partial charge >= 0.3 is 6.36 Å². The molecule has 1 saturated heterocycles. The van der Waals surface area contributed by atoms with Crippen molar-refractivity contribution in [3.8, 4) is 5.75 Å². The molecule has 0 radical (unpaired) electrons. The van der Waals surface area contributed by atoms with E-state index in [2.05, 4.69) is 20.4 Å². The molecule has 3 heterocycles. The summed E-state index contributed by atoms with van der Waals surface area (Å²) in [6.45, 7) is 1.65. The molecule has 4 N–H and O–H groups in total. The van der Waals surface area contributed by atoms with Crippen LogP contribution in [0.15, 0.2) is 84.3 Å². The number of amides is 3. The number of nitrogen functional groups attached to an aromatic ring is 1. The van der Waals surface area contributed by atoms with Gasteiger partial charge in [0, 0.05) is 16.5 Å². The Labute approximate surface area is 295 Å². The Morgan fingerprint density at radius 3 is 2.26 bits per heavy atom. The highest BCUT2D eigenvalue weighted by Crippen LogP contribution is 2.48. The smallest absolute Gasteiger partial charge is 0.406 e. The summed E-state index contributed by atoms with van der Waals surface area (Å²) in [7, 11) is 0. The summed E-state index contributed by atoms with van der Waals surface area (Å²) in [5.41, 5.74) is 4.29. The van der Waals surface area contributed by atoms with Crippen molar-refractivity contribution in [3.63, 3.8) is 0 Å². The van der Waals surface area contributed by atoms with Gasteiger partial charge in [0.05, 0.1) is 16.9 Å². The highest BCUT2D eigenvalue weighted by Gasteiger charge is 2.59. The molecule has 1 atom stereocenters. The lowest BCUT2D eigenvalue weighted by Crippen LogP contribution is -2.55. The third kappa shape index (κ3) is 6.24. The van der Waals surface area contributed by atoms with Crippen molar-refractivity contribution in [2.24, 2.45) is 0 Å². The molecule has 2 aliphatic heterocycles. The minimum atomic E-state index is -4.87. The van der Waals surface area contributed by atoms with Crippen LogP contribution < -0.4 is 26.0 Å². The summed E-state index contributed by atoms with van der Waals surface area (Å²) >= 11 is 12.7. The van der Waals surface area contributed by atoms with E-state index in [4.69, 9.17) is 28.9 Å². The number of hydrogen-bond acceptors (Lipinski definition) is 7. The topological polar surface area (TPSA) is 130 Å². The zero-order valence-electron chi connectivity index (χ0n) is 26.6. The van der Waals surface area contributed by atoms with E-state index in [0.717, 1.165) is 12.1 Å². The van der Waals surface area contributed by atoms with Crippen molar-refractivity contribution in [2.75, 3.05) is 10.6 Å². The number of aromatic nitrogens is 1. The van der Waals surface area contributed by atoms with E-state index in [-0.39, 0.29) is 34.5 Å². The number of benzene rings is 2.